The monoisotopic (exact) mass is 450 g/mol. The molecule has 1 amide bonds. The fourth-order valence-corrected chi connectivity index (χ4v) is 3.53. The number of aryl methyl sites for hydroxylation is 1. The molecule has 13 heteroatoms. The van der Waals surface area contributed by atoms with Crippen molar-refractivity contribution in [2.24, 2.45) is 0 Å². The first kappa shape index (κ1) is 23.8. The molecule has 0 spiro atoms. The Labute approximate surface area is 171 Å². The lowest BCUT2D eigenvalue weighted by Crippen LogP contribution is -2.48. The number of pyridine rings is 1. The first-order chi connectivity index (χ1) is 13.9. The summed E-state index contributed by atoms with van der Waals surface area (Å²) in [5.41, 5.74) is -5.69. The van der Waals surface area contributed by atoms with Crippen LogP contribution in [0, 0.1) is 18.3 Å². The number of amides is 1. The summed E-state index contributed by atoms with van der Waals surface area (Å²) in [6, 6.07) is 2.07. The molecule has 1 saturated carbocycles. The minimum atomic E-state index is -5.64. The average Bonchev–Trinajstić information content (AvgIpc) is 3.43. The molecule has 0 bridgehead atoms. The Hall–Kier alpha value is -2.43. The van der Waals surface area contributed by atoms with Crippen molar-refractivity contribution in [3.8, 4) is 11.9 Å². The number of hydrogen-bond acceptors (Lipinski definition) is 7. The molecule has 0 aromatic carbocycles. The van der Waals surface area contributed by atoms with Crippen molar-refractivity contribution in [3.05, 3.63) is 23.4 Å². The maximum Gasteiger partial charge on any atom is 0.511 e. The lowest BCUT2D eigenvalue weighted by molar-refractivity contribution is -0.0546. The van der Waals surface area contributed by atoms with E-state index < -0.39 is 46.4 Å². The minimum absolute atomic E-state index is 0.0822. The second-order valence-electron chi connectivity index (χ2n) is 6.90. The summed E-state index contributed by atoms with van der Waals surface area (Å²) in [6.45, 7) is 1.54. The molecular weight excluding hydrogens is 429 g/mol. The Morgan fingerprint density at radius 3 is 2.60 bits per heavy atom. The van der Waals surface area contributed by atoms with Crippen LogP contribution in [0.2, 0.25) is 0 Å². The third-order valence-corrected chi connectivity index (χ3v) is 6.13. The van der Waals surface area contributed by atoms with E-state index in [1.165, 1.54) is 19.2 Å². The Kier molecular flexibility index (Phi) is 6.95. The maximum absolute atomic E-state index is 12.9. The maximum atomic E-state index is 12.9. The van der Waals surface area contributed by atoms with Gasteiger partial charge < -0.3 is 14.8 Å². The van der Waals surface area contributed by atoms with E-state index in [1.54, 1.807) is 6.92 Å². The van der Waals surface area contributed by atoms with Crippen molar-refractivity contribution in [3.63, 3.8) is 0 Å². The molecule has 1 heterocycles. The standard InChI is InChI=1S/C17H21F3N4O5S/c1-11-7-22-14(6-13(11)15(25)23-16(9-21)4-5-16)29-8-12(2)24(10-28-3)30(26,27)17(18,19)20/h6-7,12H,4-5,8,10H2,1-3H3,(H,23,25). The van der Waals surface area contributed by atoms with Gasteiger partial charge in [0.2, 0.25) is 5.88 Å². The van der Waals surface area contributed by atoms with Gasteiger partial charge in [-0.25, -0.2) is 13.4 Å². The fourth-order valence-electron chi connectivity index (χ4n) is 2.49. The minimum Gasteiger partial charge on any atom is -0.476 e. The third kappa shape index (κ3) is 5.18. The molecule has 2 rings (SSSR count). The third-order valence-electron chi connectivity index (χ3n) is 4.46. The van der Waals surface area contributed by atoms with Crippen molar-refractivity contribution in [1.82, 2.24) is 14.6 Å². The lowest BCUT2D eigenvalue weighted by Gasteiger charge is -2.28. The summed E-state index contributed by atoms with van der Waals surface area (Å²) in [4.78, 5) is 16.4. The molecule has 9 nitrogen and oxygen atoms in total. The van der Waals surface area contributed by atoms with Gasteiger partial charge in [-0.15, -0.1) is 0 Å². The van der Waals surface area contributed by atoms with Gasteiger partial charge >= 0.3 is 15.5 Å². The summed E-state index contributed by atoms with van der Waals surface area (Å²) >= 11 is 0. The Bertz CT molecular complexity index is 942. The molecule has 0 saturated heterocycles. The van der Waals surface area contributed by atoms with Crippen LogP contribution in [0.15, 0.2) is 12.3 Å². The van der Waals surface area contributed by atoms with Crippen LogP contribution in [0.3, 0.4) is 0 Å². The van der Waals surface area contributed by atoms with Crippen LogP contribution in [0.4, 0.5) is 13.2 Å². The van der Waals surface area contributed by atoms with Crippen LogP contribution in [-0.4, -0.2) is 61.2 Å². The van der Waals surface area contributed by atoms with Crippen LogP contribution in [-0.2, 0) is 14.8 Å². The van der Waals surface area contributed by atoms with E-state index in [1.807, 2.05) is 6.07 Å². The van der Waals surface area contributed by atoms with Crippen molar-refractivity contribution < 1.29 is 35.9 Å². The Morgan fingerprint density at radius 2 is 2.10 bits per heavy atom. The zero-order valence-corrected chi connectivity index (χ0v) is 17.3. The highest BCUT2D eigenvalue weighted by atomic mass is 32.2. The zero-order valence-electron chi connectivity index (χ0n) is 16.5. The number of nitrogens with zero attached hydrogens (tertiary/aromatic N) is 3. The van der Waals surface area contributed by atoms with E-state index in [9.17, 15) is 26.4 Å². The van der Waals surface area contributed by atoms with Crippen LogP contribution < -0.4 is 10.1 Å². The van der Waals surface area contributed by atoms with Crippen LogP contribution >= 0.6 is 0 Å². The van der Waals surface area contributed by atoms with Gasteiger partial charge in [-0.3, -0.25) is 4.79 Å². The van der Waals surface area contributed by atoms with Crippen molar-refractivity contribution in [2.45, 2.75) is 43.8 Å². The van der Waals surface area contributed by atoms with E-state index in [4.69, 9.17) is 10.00 Å². The largest absolute Gasteiger partial charge is 0.511 e. The molecule has 1 unspecified atom stereocenters. The Morgan fingerprint density at radius 1 is 1.47 bits per heavy atom. The van der Waals surface area contributed by atoms with Gasteiger partial charge in [-0.05, 0) is 32.3 Å². The fraction of sp³-hybridized carbons (Fsp3) is 0.588. The number of ether oxygens (including phenoxy) is 2. The van der Waals surface area contributed by atoms with E-state index in [-0.39, 0.29) is 15.7 Å². The van der Waals surface area contributed by atoms with E-state index >= 15 is 0 Å². The number of hydrogen-bond donors (Lipinski definition) is 1. The number of rotatable bonds is 9. The van der Waals surface area contributed by atoms with Gasteiger partial charge in [0, 0.05) is 24.9 Å². The van der Waals surface area contributed by atoms with Gasteiger partial charge in [0.25, 0.3) is 5.91 Å². The molecule has 1 aliphatic rings. The summed E-state index contributed by atoms with van der Waals surface area (Å²) in [7, 11) is -4.57. The van der Waals surface area contributed by atoms with Gasteiger partial charge in [0.1, 0.15) is 18.9 Å². The van der Waals surface area contributed by atoms with Crippen LogP contribution in [0.5, 0.6) is 5.88 Å². The smallest absolute Gasteiger partial charge is 0.476 e. The van der Waals surface area contributed by atoms with Crippen molar-refractivity contribution in [2.75, 3.05) is 20.4 Å². The molecule has 1 atom stereocenters. The summed E-state index contributed by atoms with van der Waals surface area (Å²) < 4.78 is 72.1. The predicted octanol–water partition coefficient (Wildman–Crippen LogP) is 1.70. The average molecular weight is 450 g/mol. The number of sulfonamides is 1. The molecule has 166 valence electrons. The van der Waals surface area contributed by atoms with Crippen LogP contribution in [0.1, 0.15) is 35.7 Å². The number of nitrogens with one attached hydrogen (secondary N) is 1. The number of methoxy groups -OCH3 is 1. The SMILES string of the molecule is COCN(C(C)COc1cc(C(=O)NC2(C#N)CC2)c(C)cn1)S(=O)(=O)C(F)(F)F. The van der Waals surface area contributed by atoms with Crippen molar-refractivity contribution in [1.29, 1.82) is 5.26 Å². The highest BCUT2D eigenvalue weighted by Gasteiger charge is 2.51. The number of nitriles is 1. The molecule has 0 aliphatic heterocycles. The summed E-state index contributed by atoms with van der Waals surface area (Å²) in [5.74, 6) is -0.589. The second kappa shape index (κ2) is 8.75. The molecular formula is C17H21F3N4O5S. The number of aromatic nitrogens is 1. The quantitative estimate of drug-likeness (QED) is 0.568. The van der Waals surface area contributed by atoms with Gasteiger partial charge in [-0.1, -0.05) is 0 Å². The first-order valence-corrected chi connectivity index (χ1v) is 10.2. The summed E-state index contributed by atoms with van der Waals surface area (Å²) in [5, 5.41) is 11.7. The summed E-state index contributed by atoms with van der Waals surface area (Å²) in [6.07, 6.45) is 2.42. The number of halogens is 3. The van der Waals surface area contributed by atoms with Gasteiger partial charge in [0.15, 0.2) is 0 Å². The normalized spacial score (nSPS) is 16.6. The number of carbonyl (C=O) groups is 1. The highest BCUT2D eigenvalue weighted by Crippen LogP contribution is 2.35. The molecule has 1 N–H and O–H groups in total. The number of carbonyl (C=O) groups excluding carboxylic acids is 1. The highest BCUT2D eigenvalue weighted by molar-refractivity contribution is 7.90. The molecule has 1 aliphatic carbocycles. The Balaban J connectivity index is 2.13. The van der Waals surface area contributed by atoms with E-state index in [2.05, 4.69) is 15.0 Å². The lowest BCUT2D eigenvalue weighted by atomic mass is 10.1. The van der Waals surface area contributed by atoms with E-state index in [0.29, 0.717) is 18.4 Å². The molecule has 1 aromatic rings. The molecule has 30 heavy (non-hydrogen) atoms. The van der Waals surface area contributed by atoms with E-state index in [0.717, 1.165) is 7.11 Å². The second-order valence-corrected chi connectivity index (χ2v) is 8.78. The van der Waals surface area contributed by atoms with Crippen LogP contribution in [0.25, 0.3) is 0 Å². The first-order valence-electron chi connectivity index (χ1n) is 8.77. The molecule has 1 fully saturated rings. The molecule has 1 aromatic heterocycles. The number of alkyl halides is 3. The van der Waals surface area contributed by atoms with Gasteiger partial charge in [0.05, 0.1) is 12.1 Å². The zero-order chi connectivity index (χ0) is 22.7. The predicted molar refractivity (Wildman–Crippen MR) is 97.7 cm³/mol. The molecule has 0 radical (unpaired) electrons. The topological polar surface area (TPSA) is 122 Å². The van der Waals surface area contributed by atoms with Crippen molar-refractivity contribution >= 4 is 15.9 Å². The van der Waals surface area contributed by atoms with Gasteiger partial charge in [-0.2, -0.15) is 22.7 Å².